The van der Waals surface area contributed by atoms with Crippen LogP contribution in [0, 0.1) is 3.57 Å². The lowest BCUT2D eigenvalue weighted by molar-refractivity contribution is 0.0691. The van der Waals surface area contributed by atoms with E-state index >= 15 is 0 Å². The van der Waals surface area contributed by atoms with E-state index in [-0.39, 0.29) is 11.3 Å². The van der Waals surface area contributed by atoms with Crippen molar-refractivity contribution in [3.8, 4) is 5.75 Å². The smallest absolute Gasteiger partial charge is 0.478 e. The van der Waals surface area contributed by atoms with Crippen LogP contribution in [0.25, 0.3) is 0 Å². The van der Waals surface area contributed by atoms with Crippen LogP contribution in [0.15, 0.2) is 18.2 Å². The third-order valence-corrected chi connectivity index (χ3v) is 7.49. The molecule has 0 aromatic heterocycles. The number of ether oxygens (including phenoxy) is 1. The minimum Gasteiger partial charge on any atom is -0.478 e. The highest BCUT2D eigenvalue weighted by molar-refractivity contribution is 14.1. The van der Waals surface area contributed by atoms with E-state index in [2.05, 4.69) is 5.32 Å². The predicted octanol–water partition coefficient (Wildman–Crippen LogP) is 3.52. The van der Waals surface area contributed by atoms with Crippen molar-refractivity contribution in [2.24, 2.45) is 0 Å². The lowest BCUT2D eigenvalue weighted by Crippen LogP contribution is -2.46. The van der Waals surface area contributed by atoms with Crippen molar-refractivity contribution in [3.63, 3.8) is 0 Å². The van der Waals surface area contributed by atoms with Crippen LogP contribution >= 0.6 is 22.6 Å². The van der Waals surface area contributed by atoms with E-state index < -0.39 is 20.9 Å². The van der Waals surface area contributed by atoms with Gasteiger partial charge in [-0.3, -0.25) is 0 Å². The molecular weight excluding hydrogens is 485 g/mol. The van der Waals surface area contributed by atoms with Crippen LogP contribution in [0.1, 0.15) is 37.6 Å². The first-order chi connectivity index (χ1) is 12.9. The zero-order valence-corrected chi connectivity index (χ0v) is 18.9. The largest absolute Gasteiger partial charge is 0.500 e. The van der Waals surface area contributed by atoms with Gasteiger partial charge in [-0.05, 0) is 68.0 Å². The molecule has 1 aromatic rings. The second kappa shape index (κ2) is 12.3. The number of rotatable bonds is 12. The summed E-state index contributed by atoms with van der Waals surface area (Å²) >= 11 is 1.91. The Kier molecular flexibility index (Phi) is 10.8. The van der Waals surface area contributed by atoms with Gasteiger partial charge in [0.2, 0.25) is 0 Å². The second-order valence-corrected chi connectivity index (χ2v) is 9.24. The molecule has 0 radical (unpaired) electrons. The van der Waals surface area contributed by atoms with E-state index in [0.29, 0.717) is 42.4 Å². The molecule has 27 heavy (non-hydrogen) atoms. The van der Waals surface area contributed by atoms with Crippen molar-refractivity contribution in [2.45, 2.75) is 33.2 Å². The molecule has 1 aromatic carbocycles. The van der Waals surface area contributed by atoms with Gasteiger partial charge in [-0.2, -0.15) is 0 Å². The summed E-state index contributed by atoms with van der Waals surface area (Å²) in [7, 11) is -2.73. The molecule has 8 nitrogen and oxygen atoms in total. The fourth-order valence-electron chi connectivity index (χ4n) is 2.37. The number of amides is 1. The van der Waals surface area contributed by atoms with Crippen molar-refractivity contribution in [1.82, 2.24) is 5.32 Å². The van der Waals surface area contributed by atoms with E-state index in [9.17, 15) is 9.59 Å². The van der Waals surface area contributed by atoms with Gasteiger partial charge in [0.1, 0.15) is 5.75 Å². The molecule has 0 spiro atoms. The molecule has 1 amide bonds. The second-order valence-electron chi connectivity index (χ2n) is 5.35. The quantitative estimate of drug-likeness (QED) is 0.252. The normalized spacial score (nSPS) is 11.3. The zero-order chi connectivity index (χ0) is 20.3. The standard InChI is InChI=1S/C17H26INO7Si/c1-4-23-27(24-5-2,25-6-3)11-7-10-19-17(22)26-13-8-9-15(18)14(12-13)16(20)21/h8-9,12H,4-7,10-11H2,1-3H3,(H,19,22)(H,20,21). The first-order valence-corrected chi connectivity index (χ1v) is 11.8. The molecular formula is C17H26INO7Si. The van der Waals surface area contributed by atoms with Crippen LogP contribution < -0.4 is 10.1 Å². The van der Waals surface area contributed by atoms with Gasteiger partial charge in [-0.1, -0.05) is 0 Å². The summed E-state index contributed by atoms with van der Waals surface area (Å²) in [6, 6.07) is 5.03. The van der Waals surface area contributed by atoms with Crippen LogP contribution in [0.3, 0.4) is 0 Å². The van der Waals surface area contributed by atoms with E-state index in [1.54, 1.807) is 12.1 Å². The third-order valence-electron chi connectivity index (χ3n) is 3.40. The molecule has 0 fully saturated rings. The SMILES string of the molecule is CCO[Si](CCCNC(=O)Oc1ccc(I)c(C(=O)O)c1)(OCC)OCC. The lowest BCUT2D eigenvalue weighted by Gasteiger charge is -2.28. The van der Waals surface area contributed by atoms with Gasteiger partial charge >= 0.3 is 20.9 Å². The highest BCUT2D eigenvalue weighted by Gasteiger charge is 2.39. The first kappa shape index (κ1) is 23.8. The van der Waals surface area contributed by atoms with Crippen molar-refractivity contribution < 1.29 is 32.7 Å². The molecule has 152 valence electrons. The van der Waals surface area contributed by atoms with E-state index in [1.807, 2.05) is 43.4 Å². The summed E-state index contributed by atoms with van der Waals surface area (Å²) in [5, 5.41) is 11.8. The molecule has 0 heterocycles. The minimum absolute atomic E-state index is 0.0850. The van der Waals surface area contributed by atoms with Gasteiger partial charge < -0.3 is 28.4 Å². The summed E-state index contributed by atoms with van der Waals surface area (Å²) in [5.74, 6) is -0.902. The van der Waals surface area contributed by atoms with Gasteiger partial charge in [0.25, 0.3) is 0 Å². The van der Waals surface area contributed by atoms with Crippen LogP contribution in [-0.2, 0) is 13.3 Å². The molecule has 0 saturated heterocycles. The lowest BCUT2D eigenvalue weighted by atomic mass is 10.2. The Labute approximate surface area is 174 Å². The molecule has 1 rings (SSSR count). The summed E-state index contributed by atoms with van der Waals surface area (Å²) in [4.78, 5) is 23.0. The molecule has 0 saturated carbocycles. The van der Waals surface area contributed by atoms with E-state index in [1.165, 1.54) is 6.07 Å². The molecule has 0 aliphatic carbocycles. The number of halogens is 1. The number of benzene rings is 1. The van der Waals surface area contributed by atoms with Crippen molar-refractivity contribution in [3.05, 3.63) is 27.3 Å². The Hall–Kier alpha value is -1.21. The number of nitrogens with one attached hydrogen (secondary N) is 1. The number of carbonyl (C=O) groups is 2. The van der Waals surface area contributed by atoms with Crippen molar-refractivity contribution in [1.29, 1.82) is 0 Å². The summed E-state index contributed by atoms with van der Waals surface area (Å²) in [5.41, 5.74) is 0.0850. The summed E-state index contributed by atoms with van der Waals surface area (Å²) in [6.45, 7) is 7.53. The van der Waals surface area contributed by atoms with Crippen LogP contribution in [0.2, 0.25) is 6.04 Å². The van der Waals surface area contributed by atoms with E-state index in [4.69, 9.17) is 23.1 Å². The number of hydrogen-bond donors (Lipinski definition) is 2. The topological polar surface area (TPSA) is 103 Å². The average molecular weight is 511 g/mol. The highest BCUT2D eigenvalue weighted by Crippen LogP contribution is 2.20. The van der Waals surface area contributed by atoms with Crippen LogP contribution in [0.5, 0.6) is 5.75 Å². The predicted molar refractivity (Wildman–Crippen MR) is 110 cm³/mol. The Morgan fingerprint density at radius 2 is 1.70 bits per heavy atom. The zero-order valence-electron chi connectivity index (χ0n) is 15.7. The van der Waals surface area contributed by atoms with Gasteiger partial charge in [-0.15, -0.1) is 0 Å². The monoisotopic (exact) mass is 511 g/mol. The van der Waals surface area contributed by atoms with Crippen LogP contribution in [0.4, 0.5) is 4.79 Å². The maximum absolute atomic E-state index is 11.9. The molecule has 0 aliphatic heterocycles. The van der Waals surface area contributed by atoms with Gasteiger partial charge in [0, 0.05) is 36.0 Å². The Balaban J connectivity index is 2.52. The number of hydrogen-bond acceptors (Lipinski definition) is 6. The van der Waals surface area contributed by atoms with Crippen molar-refractivity contribution >= 4 is 43.5 Å². The molecule has 2 N–H and O–H groups in total. The highest BCUT2D eigenvalue weighted by atomic mass is 127. The Bertz CT molecular complexity index is 612. The maximum Gasteiger partial charge on any atom is 0.500 e. The van der Waals surface area contributed by atoms with Gasteiger partial charge in [0.05, 0.1) is 5.56 Å². The molecule has 0 aliphatic rings. The Morgan fingerprint density at radius 3 is 2.22 bits per heavy atom. The summed E-state index contributed by atoms with van der Waals surface area (Å²) in [6.07, 6.45) is -0.0435. The molecule has 0 unspecified atom stereocenters. The van der Waals surface area contributed by atoms with Crippen molar-refractivity contribution in [2.75, 3.05) is 26.4 Å². The average Bonchev–Trinajstić information content (AvgIpc) is 2.61. The summed E-state index contributed by atoms with van der Waals surface area (Å²) < 4.78 is 23.0. The molecule has 0 atom stereocenters. The first-order valence-electron chi connectivity index (χ1n) is 8.77. The number of carbonyl (C=O) groups excluding carboxylic acids is 1. The molecule has 0 bridgehead atoms. The Morgan fingerprint density at radius 1 is 1.11 bits per heavy atom. The number of aromatic carboxylic acids is 1. The molecule has 10 heteroatoms. The minimum atomic E-state index is -2.73. The maximum atomic E-state index is 11.9. The van der Waals surface area contributed by atoms with Crippen LogP contribution in [-0.4, -0.2) is 52.3 Å². The number of carboxylic acids is 1. The van der Waals surface area contributed by atoms with Gasteiger partial charge in [-0.25, -0.2) is 9.59 Å². The fraction of sp³-hybridized carbons (Fsp3) is 0.529. The van der Waals surface area contributed by atoms with E-state index in [0.717, 1.165) is 0 Å². The number of carboxylic acid groups (broad SMARTS) is 1. The third kappa shape index (κ3) is 8.13. The fourth-order valence-corrected chi connectivity index (χ4v) is 5.55. The van der Waals surface area contributed by atoms with Gasteiger partial charge in [0.15, 0.2) is 0 Å².